The average Bonchev–Trinajstić information content (AvgIpc) is 2.74. The minimum atomic E-state index is -0.593. The summed E-state index contributed by atoms with van der Waals surface area (Å²) in [5.41, 5.74) is 1.43. The summed E-state index contributed by atoms with van der Waals surface area (Å²) in [7, 11) is 1.51. The van der Waals surface area contributed by atoms with Gasteiger partial charge in [-0.3, -0.25) is 4.79 Å². The third-order valence-electron chi connectivity index (χ3n) is 4.28. The van der Waals surface area contributed by atoms with E-state index in [1.807, 2.05) is 51.1 Å². The number of rotatable bonds is 10. The zero-order chi connectivity index (χ0) is 21.2. The molecule has 29 heavy (non-hydrogen) atoms. The topological polar surface area (TPSA) is 73.9 Å². The maximum Gasteiger partial charge on any atom is 0.338 e. The second kappa shape index (κ2) is 11.1. The molecule has 1 amide bonds. The van der Waals surface area contributed by atoms with Crippen LogP contribution >= 0.6 is 0 Å². The first-order valence-corrected chi connectivity index (χ1v) is 9.70. The summed E-state index contributed by atoms with van der Waals surface area (Å²) < 4.78 is 16.1. The smallest absolute Gasteiger partial charge is 0.338 e. The van der Waals surface area contributed by atoms with Crippen molar-refractivity contribution < 1.29 is 23.8 Å². The molecule has 1 N–H and O–H groups in total. The lowest BCUT2D eigenvalue weighted by Gasteiger charge is -2.14. The van der Waals surface area contributed by atoms with E-state index in [4.69, 9.17) is 14.2 Å². The second-order valence-corrected chi connectivity index (χ2v) is 7.26. The molecule has 0 saturated carbocycles. The summed E-state index contributed by atoms with van der Waals surface area (Å²) in [4.78, 5) is 24.3. The Labute approximate surface area is 172 Å². The zero-order valence-corrected chi connectivity index (χ0v) is 17.4. The number of ether oxygens (including phenoxy) is 3. The third kappa shape index (κ3) is 7.14. The van der Waals surface area contributed by atoms with Gasteiger partial charge >= 0.3 is 5.97 Å². The quantitative estimate of drug-likeness (QED) is 0.615. The van der Waals surface area contributed by atoms with Crippen LogP contribution in [0.4, 0.5) is 0 Å². The number of nitrogens with one attached hydrogen (secondary N) is 1. The molecule has 0 fully saturated rings. The number of carbonyl (C=O) groups is 2. The Balaban J connectivity index is 1.84. The van der Waals surface area contributed by atoms with E-state index < -0.39 is 5.97 Å². The van der Waals surface area contributed by atoms with Crippen LogP contribution in [-0.4, -0.2) is 38.7 Å². The minimum absolute atomic E-state index is 0.165. The van der Waals surface area contributed by atoms with Gasteiger partial charge in [0, 0.05) is 6.54 Å². The summed E-state index contributed by atoms with van der Waals surface area (Å²) in [5, 5.41) is 2.79. The van der Waals surface area contributed by atoms with E-state index >= 15 is 0 Å². The van der Waals surface area contributed by atoms with Crippen molar-refractivity contribution in [1.29, 1.82) is 0 Å². The van der Waals surface area contributed by atoms with Crippen molar-refractivity contribution in [3.8, 4) is 11.5 Å². The van der Waals surface area contributed by atoms with Gasteiger partial charge in [0.15, 0.2) is 18.1 Å². The third-order valence-corrected chi connectivity index (χ3v) is 4.28. The Morgan fingerprint density at radius 3 is 2.38 bits per heavy atom. The summed E-state index contributed by atoms with van der Waals surface area (Å²) in [6.07, 6.45) is 0. The first-order valence-electron chi connectivity index (χ1n) is 9.70. The van der Waals surface area contributed by atoms with Crippen LogP contribution in [-0.2, 0) is 9.53 Å². The maximum atomic E-state index is 12.3. The lowest BCUT2D eigenvalue weighted by Crippen LogP contribution is -2.31. The van der Waals surface area contributed by atoms with Crippen LogP contribution < -0.4 is 14.8 Å². The molecule has 6 heteroatoms. The molecular weight excluding hydrogens is 370 g/mol. The highest BCUT2D eigenvalue weighted by Crippen LogP contribution is 2.28. The standard InChI is InChI=1S/C23H29NO5/c1-16(2)14-28-20-11-10-19(12-21(20)27-4)23(26)29-15-22(25)24-13-17(3)18-8-6-5-7-9-18/h5-12,16-17H,13-15H2,1-4H3,(H,24,25)/t17-/m0/s1. The van der Waals surface area contributed by atoms with E-state index in [2.05, 4.69) is 5.32 Å². The number of amides is 1. The molecule has 0 spiro atoms. The number of methoxy groups -OCH3 is 1. The Bertz CT molecular complexity index is 804. The van der Waals surface area contributed by atoms with Gasteiger partial charge in [-0.15, -0.1) is 0 Å². The lowest BCUT2D eigenvalue weighted by molar-refractivity contribution is -0.124. The fraction of sp³-hybridized carbons (Fsp3) is 0.391. The van der Waals surface area contributed by atoms with E-state index in [1.165, 1.54) is 7.11 Å². The Morgan fingerprint density at radius 2 is 1.72 bits per heavy atom. The van der Waals surface area contributed by atoms with Crippen molar-refractivity contribution >= 4 is 11.9 Å². The number of hydrogen-bond donors (Lipinski definition) is 1. The molecule has 1 atom stereocenters. The molecule has 0 saturated heterocycles. The highest BCUT2D eigenvalue weighted by Gasteiger charge is 2.15. The van der Waals surface area contributed by atoms with Crippen molar-refractivity contribution in [3.63, 3.8) is 0 Å². The molecule has 0 aliphatic rings. The van der Waals surface area contributed by atoms with Gasteiger partial charge in [-0.05, 0) is 35.6 Å². The highest BCUT2D eigenvalue weighted by atomic mass is 16.5. The SMILES string of the molecule is COc1cc(C(=O)OCC(=O)NC[C@H](C)c2ccccc2)ccc1OCC(C)C. The van der Waals surface area contributed by atoms with Gasteiger partial charge in [-0.25, -0.2) is 4.79 Å². The highest BCUT2D eigenvalue weighted by molar-refractivity contribution is 5.92. The van der Waals surface area contributed by atoms with Crippen molar-refractivity contribution in [2.75, 3.05) is 26.9 Å². The molecular formula is C23H29NO5. The minimum Gasteiger partial charge on any atom is -0.493 e. The maximum absolute atomic E-state index is 12.3. The Hall–Kier alpha value is -3.02. The van der Waals surface area contributed by atoms with Gasteiger partial charge in [0.2, 0.25) is 0 Å². The summed E-state index contributed by atoms with van der Waals surface area (Å²) >= 11 is 0. The van der Waals surface area contributed by atoms with Gasteiger partial charge < -0.3 is 19.5 Å². The summed E-state index contributed by atoms with van der Waals surface area (Å²) in [6, 6.07) is 14.7. The number of hydrogen-bond acceptors (Lipinski definition) is 5. The molecule has 0 aromatic heterocycles. The lowest BCUT2D eigenvalue weighted by atomic mass is 10.0. The molecule has 0 aliphatic heterocycles. The molecule has 0 aliphatic carbocycles. The molecule has 2 aromatic carbocycles. The van der Waals surface area contributed by atoms with Crippen molar-refractivity contribution in [2.24, 2.45) is 5.92 Å². The van der Waals surface area contributed by atoms with Crippen LogP contribution in [0.3, 0.4) is 0 Å². The first kappa shape index (κ1) is 22.3. The molecule has 0 heterocycles. The Morgan fingerprint density at radius 1 is 1.00 bits per heavy atom. The van der Waals surface area contributed by atoms with E-state index in [-0.39, 0.29) is 18.4 Å². The number of benzene rings is 2. The number of esters is 1. The molecule has 0 radical (unpaired) electrons. The van der Waals surface area contributed by atoms with E-state index in [1.54, 1.807) is 18.2 Å². The average molecular weight is 399 g/mol. The predicted octanol–water partition coefficient (Wildman–Crippen LogP) is 3.81. The summed E-state index contributed by atoms with van der Waals surface area (Å²) in [5.74, 6) is 0.604. The van der Waals surface area contributed by atoms with Gasteiger partial charge in [0.1, 0.15) is 0 Å². The molecule has 0 unspecified atom stereocenters. The van der Waals surface area contributed by atoms with Gasteiger partial charge in [-0.1, -0.05) is 51.1 Å². The van der Waals surface area contributed by atoms with Crippen LogP contribution in [0.5, 0.6) is 11.5 Å². The van der Waals surface area contributed by atoms with Crippen LogP contribution in [0.1, 0.15) is 42.6 Å². The van der Waals surface area contributed by atoms with E-state index in [0.717, 1.165) is 5.56 Å². The molecule has 2 aromatic rings. The normalized spacial score (nSPS) is 11.6. The first-order chi connectivity index (χ1) is 13.9. The molecule has 0 bridgehead atoms. The molecule has 6 nitrogen and oxygen atoms in total. The molecule has 156 valence electrons. The monoisotopic (exact) mass is 399 g/mol. The zero-order valence-electron chi connectivity index (χ0n) is 17.4. The van der Waals surface area contributed by atoms with Crippen molar-refractivity contribution in [2.45, 2.75) is 26.7 Å². The number of carbonyl (C=O) groups excluding carboxylic acids is 2. The Kier molecular flexibility index (Phi) is 8.52. The van der Waals surface area contributed by atoms with Crippen LogP contribution in [0.25, 0.3) is 0 Å². The fourth-order valence-electron chi connectivity index (χ4n) is 2.60. The molecule has 2 rings (SSSR count). The van der Waals surface area contributed by atoms with E-state index in [9.17, 15) is 9.59 Å². The fourth-order valence-corrected chi connectivity index (χ4v) is 2.60. The van der Waals surface area contributed by atoms with Crippen molar-refractivity contribution in [3.05, 3.63) is 59.7 Å². The summed E-state index contributed by atoms with van der Waals surface area (Å²) in [6.45, 7) is 6.79. The van der Waals surface area contributed by atoms with Gasteiger partial charge in [0.05, 0.1) is 19.3 Å². The van der Waals surface area contributed by atoms with Gasteiger partial charge in [0.25, 0.3) is 5.91 Å². The van der Waals surface area contributed by atoms with Gasteiger partial charge in [-0.2, -0.15) is 0 Å². The largest absolute Gasteiger partial charge is 0.493 e. The van der Waals surface area contributed by atoms with Crippen LogP contribution in [0.2, 0.25) is 0 Å². The second-order valence-electron chi connectivity index (χ2n) is 7.26. The van der Waals surface area contributed by atoms with E-state index in [0.29, 0.717) is 36.1 Å². The predicted molar refractivity (Wildman–Crippen MR) is 111 cm³/mol. The van der Waals surface area contributed by atoms with Crippen LogP contribution in [0.15, 0.2) is 48.5 Å². The van der Waals surface area contributed by atoms with Crippen LogP contribution in [0, 0.1) is 5.92 Å². The van der Waals surface area contributed by atoms with Crippen molar-refractivity contribution in [1.82, 2.24) is 5.32 Å².